The van der Waals surface area contributed by atoms with Crippen LogP contribution in [-0.2, 0) is 0 Å². The van der Waals surface area contributed by atoms with Crippen molar-refractivity contribution in [2.45, 2.75) is 6.92 Å². The first-order valence-corrected chi connectivity index (χ1v) is 4.99. The van der Waals surface area contributed by atoms with Crippen molar-refractivity contribution >= 4 is 6.08 Å². The van der Waals surface area contributed by atoms with Crippen LogP contribution in [-0.4, -0.2) is 20.3 Å². The van der Waals surface area contributed by atoms with E-state index in [-0.39, 0.29) is 0 Å². The molecular formula is C12H17NO2. The standard InChI is InChI=1S/C12H17NO2/c1-3-15-12-8-4-7-11(14-2)10(12)6-5-9-13/h4-8H,3,9,13H2,1-2H3/b6-5+. The van der Waals surface area contributed by atoms with Crippen molar-refractivity contribution in [1.29, 1.82) is 0 Å². The highest BCUT2D eigenvalue weighted by molar-refractivity contribution is 5.64. The van der Waals surface area contributed by atoms with E-state index in [1.54, 1.807) is 7.11 Å². The summed E-state index contributed by atoms with van der Waals surface area (Å²) in [5, 5.41) is 0. The summed E-state index contributed by atoms with van der Waals surface area (Å²) >= 11 is 0. The third kappa shape index (κ3) is 2.99. The van der Waals surface area contributed by atoms with Gasteiger partial charge in [0, 0.05) is 6.54 Å². The minimum Gasteiger partial charge on any atom is -0.496 e. The van der Waals surface area contributed by atoms with E-state index in [0.29, 0.717) is 13.2 Å². The van der Waals surface area contributed by atoms with Crippen molar-refractivity contribution in [2.24, 2.45) is 5.73 Å². The lowest BCUT2D eigenvalue weighted by Crippen LogP contribution is -1.97. The summed E-state index contributed by atoms with van der Waals surface area (Å²) in [7, 11) is 1.64. The summed E-state index contributed by atoms with van der Waals surface area (Å²) in [6.45, 7) is 3.09. The average molecular weight is 207 g/mol. The Kier molecular flexibility index (Phi) is 4.71. The predicted octanol–water partition coefficient (Wildman–Crippen LogP) is 2.07. The fourth-order valence-corrected chi connectivity index (χ4v) is 1.33. The molecule has 0 saturated carbocycles. The lowest BCUT2D eigenvalue weighted by atomic mass is 10.1. The Morgan fingerprint density at radius 1 is 1.33 bits per heavy atom. The summed E-state index contributed by atoms with van der Waals surface area (Å²) in [5.41, 5.74) is 6.36. The van der Waals surface area contributed by atoms with Crippen LogP contribution in [0.4, 0.5) is 0 Å². The molecule has 0 aliphatic rings. The molecule has 1 aromatic rings. The van der Waals surface area contributed by atoms with Gasteiger partial charge in [0.15, 0.2) is 0 Å². The van der Waals surface area contributed by atoms with Gasteiger partial charge in [0.25, 0.3) is 0 Å². The zero-order chi connectivity index (χ0) is 11.1. The van der Waals surface area contributed by atoms with Gasteiger partial charge in [-0.15, -0.1) is 0 Å². The van der Waals surface area contributed by atoms with E-state index in [9.17, 15) is 0 Å². The van der Waals surface area contributed by atoms with Gasteiger partial charge in [0.2, 0.25) is 0 Å². The number of hydrogen-bond acceptors (Lipinski definition) is 3. The molecule has 0 saturated heterocycles. The Balaban J connectivity index is 3.08. The monoisotopic (exact) mass is 207 g/mol. The van der Waals surface area contributed by atoms with E-state index in [1.165, 1.54) is 0 Å². The highest BCUT2D eigenvalue weighted by Crippen LogP contribution is 2.29. The van der Waals surface area contributed by atoms with Crippen LogP contribution in [0.25, 0.3) is 6.08 Å². The van der Waals surface area contributed by atoms with Crippen LogP contribution in [0.5, 0.6) is 11.5 Å². The van der Waals surface area contributed by atoms with Gasteiger partial charge in [-0.25, -0.2) is 0 Å². The van der Waals surface area contributed by atoms with Gasteiger partial charge >= 0.3 is 0 Å². The molecule has 82 valence electrons. The van der Waals surface area contributed by atoms with Crippen LogP contribution in [0.2, 0.25) is 0 Å². The Labute approximate surface area is 90.5 Å². The first-order valence-electron chi connectivity index (χ1n) is 4.99. The lowest BCUT2D eigenvalue weighted by molar-refractivity contribution is 0.335. The number of benzene rings is 1. The maximum Gasteiger partial charge on any atom is 0.130 e. The van der Waals surface area contributed by atoms with E-state index in [1.807, 2.05) is 37.3 Å². The SMILES string of the molecule is CCOc1cccc(OC)c1/C=C/CN. The second-order valence-corrected chi connectivity index (χ2v) is 2.94. The molecule has 0 spiro atoms. The molecule has 15 heavy (non-hydrogen) atoms. The van der Waals surface area contributed by atoms with Crippen molar-refractivity contribution in [1.82, 2.24) is 0 Å². The molecular weight excluding hydrogens is 190 g/mol. The molecule has 0 atom stereocenters. The average Bonchev–Trinajstić information content (AvgIpc) is 2.27. The predicted molar refractivity (Wildman–Crippen MR) is 62.3 cm³/mol. The van der Waals surface area contributed by atoms with Crippen molar-refractivity contribution in [3.8, 4) is 11.5 Å². The number of nitrogens with two attached hydrogens (primary N) is 1. The van der Waals surface area contributed by atoms with Gasteiger partial charge in [-0.05, 0) is 19.1 Å². The normalized spacial score (nSPS) is 10.6. The maximum absolute atomic E-state index is 5.50. The Bertz CT molecular complexity index is 334. The Morgan fingerprint density at radius 3 is 2.67 bits per heavy atom. The molecule has 0 aliphatic carbocycles. The van der Waals surface area contributed by atoms with Crippen molar-refractivity contribution < 1.29 is 9.47 Å². The summed E-state index contributed by atoms with van der Waals surface area (Å²) < 4.78 is 10.8. The van der Waals surface area contributed by atoms with Gasteiger partial charge in [-0.2, -0.15) is 0 Å². The number of methoxy groups -OCH3 is 1. The summed E-state index contributed by atoms with van der Waals surface area (Å²) in [6.07, 6.45) is 3.80. The zero-order valence-corrected chi connectivity index (χ0v) is 9.19. The quantitative estimate of drug-likeness (QED) is 0.803. The Hall–Kier alpha value is -1.48. The molecule has 0 aliphatic heterocycles. The minimum atomic E-state index is 0.504. The van der Waals surface area contributed by atoms with Gasteiger partial charge < -0.3 is 15.2 Å². The van der Waals surface area contributed by atoms with Gasteiger partial charge in [-0.3, -0.25) is 0 Å². The second-order valence-electron chi connectivity index (χ2n) is 2.94. The van der Waals surface area contributed by atoms with E-state index < -0.39 is 0 Å². The molecule has 0 heterocycles. The van der Waals surface area contributed by atoms with E-state index in [2.05, 4.69) is 0 Å². The maximum atomic E-state index is 5.50. The fraction of sp³-hybridized carbons (Fsp3) is 0.333. The lowest BCUT2D eigenvalue weighted by Gasteiger charge is -2.10. The van der Waals surface area contributed by atoms with Crippen LogP contribution in [0, 0.1) is 0 Å². The van der Waals surface area contributed by atoms with Crippen LogP contribution < -0.4 is 15.2 Å². The van der Waals surface area contributed by atoms with Crippen LogP contribution >= 0.6 is 0 Å². The summed E-state index contributed by atoms with van der Waals surface area (Å²) in [4.78, 5) is 0. The summed E-state index contributed by atoms with van der Waals surface area (Å²) in [6, 6.07) is 5.73. The van der Waals surface area contributed by atoms with E-state index in [0.717, 1.165) is 17.1 Å². The zero-order valence-electron chi connectivity index (χ0n) is 9.19. The van der Waals surface area contributed by atoms with Crippen molar-refractivity contribution in [3.05, 3.63) is 29.8 Å². The third-order valence-corrected chi connectivity index (χ3v) is 1.97. The number of ether oxygens (including phenoxy) is 2. The smallest absolute Gasteiger partial charge is 0.130 e. The number of rotatable bonds is 5. The molecule has 3 heteroatoms. The summed E-state index contributed by atoms with van der Waals surface area (Å²) in [5.74, 6) is 1.62. The molecule has 0 radical (unpaired) electrons. The van der Waals surface area contributed by atoms with Crippen LogP contribution in [0.1, 0.15) is 12.5 Å². The molecule has 0 fully saturated rings. The molecule has 1 aromatic carbocycles. The van der Waals surface area contributed by atoms with Gasteiger partial charge in [-0.1, -0.05) is 18.2 Å². The molecule has 3 nitrogen and oxygen atoms in total. The van der Waals surface area contributed by atoms with E-state index >= 15 is 0 Å². The highest BCUT2D eigenvalue weighted by Gasteiger charge is 2.05. The van der Waals surface area contributed by atoms with Crippen molar-refractivity contribution in [3.63, 3.8) is 0 Å². The fourth-order valence-electron chi connectivity index (χ4n) is 1.33. The molecule has 0 amide bonds. The third-order valence-electron chi connectivity index (χ3n) is 1.97. The minimum absolute atomic E-state index is 0.504. The Morgan fingerprint density at radius 2 is 2.07 bits per heavy atom. The molecule has 0 aromatic heterocycles. The highest BCUT2D eigenvalue weighted by atomic mass is 16.5. The molecule has 2 N–H and O–H groups in total. The number of hydrogen-bond donors (Lipinski definition) is 1. The van der Waals surface area contributed by atoms with Gasteiger partial charge in [0.1, 0.15) is 11.5 Å². The molecule has 1 rings (SSSR count). The van der Waals surface area contributed by atoms with Crippen LogP contribution in [0.15, 0.2) is 24.3 Å². The first-order chi connectivity index (χ1) is 7.33. The molecule has 0 unspecified atom stereocenters. The van der Waals surface area contributed by atoms with Crippen LogP contribution in [0.3, 0.4) is 0 Å². The largest absolute Gasteiger partial charge is 0.496 e. The first kappa shape index (κ1) is 11.6. The van der Waals surface area contributed by atoms with Gasteiger partial charge in [0.05, 0.1) is 19.3 Å². The van der Waals surface area contributed by atoms with E-state index in [4.69, 9.17) is 15.2 Å². The molecule has 0 bridgehead atoms. The topological polar surface area (TPSA) is 44.5 Å². The van der Waals surface area contributed by atoms with Crippen molar-refractivity contribution in [2.75, 3.05) is 20.3 Å². The second kappa shape index (κ2) is 6.09.